The highest BCUT2D eigenvalue weighted by Crippen LogP contribution is 2.31. The van der Waals surface area contributed by atoms with Gasteiger partial charge in [0.25, 0.3) is 5.56 Å². The summed E-state index contributed by atoms with van der Waals surface area (Å²) in [5, 5.41) is 1.08. The molecular weight excluding hydrogens is 384 g/mol. The van der Waals surface area contributed by atoms with Crippen molar-refractivity contribution in [1.82, 2.24) is 9.55 Å². The molecule has 0 atom stereocenters. The van der Waals surface area contributed by atoms with Crippen LogP contribution in [0.1, 0.15) is 17.4 Å². The Hall–Kier alpha value is -2.32. The van der Waals surface area contributed by atoms with Crippen LogP contribution in [0.5, 0.6) is 5.75 Å². The number of rotatable bonds is 6. The Kier molecular flexibility index (Phi) is 5.86. The van der Waals surface area contributed by atoms with E-state index in [-0.39, 0.29) is 17.3 Å². The summed E-state index contributed by atoms with van der Waals surface area (Å²) in [6.07, 6.45) is 0.843. The van der Waals surface area contributed by atoms with E-state index in [0.717, 1.165) is 16.9 Å². The van der Waals surface area contributed by atoms with Crippen molar-refractivity contribution < 1.29 is 14.3 Å². The van der Waals surface area contributed by atoms with E-state index in [0.29, 0.717) is 26.8 Å². The zero-order valence-corrected chi connectivity index (χ0v) is 17.2. The standard InChI is InChI=1S/C19H20N2O4S2/c1-5-14-11(2)16-17(27-14)20-19(26-10-15(22)25-4)21(18(16)23)12-7-6-8-13(9-12)24-3/h6-9H,5,10H2,1-4H3. The Morgan fingerprint density at radius 1 is 1.33 bits per heavy atom. The molecule has 0 fully saturated rings. The van der Waals surface area contributed by atoms with E-state index in [1.807, 2.05) is 25.1 Å². The maximum atomic E-state index is 13.4. The Labute approximate surface area is 165 Å². The van der Waals surface area contributed by atoms with Gasteiger partial charge in [-0.3, -0.25) is 14.2 Å². The van der Waals surface area contributed by atoms with E-state index < -0.39 is 0 Å². The van der Waals surface area contributed by atoms with Gasteiger partial charge in [-0.05, 0) is 31.0 Å². The number of ether oxygens (including phenoxy) is 2. The van der Waals surface area contributed by atoms with Gasteiger partial charge in [0.15, 0.2) is 5.16 Å². The molecule has 142 valence electrons. The number of hydrogen-bond acceptors (Lipinski definition) is 7. The van der Waals surface area contributed by atoms with E-state index in [4.69, 9.17) is 14.5 Å². The topological polar surface area (TPSA) is 70.4 Å². The summed E-state index contributed by atoms with van der Waals surface area (Å²) in [7, 11) is 2.91. The van der Waals surface area contributed by atoms with Crippen molar-refractivity contribution in [1.29, 1.82) is 0 Å². The van der Waals surface area contributed by atoms with Crippen LogP contribution in [0, 0.1) is 6.92 Å². The van der Waals surface area contributed by atoms with Crippen LogP contribution in [-0.2, 0) is 16.0 Å². The summed E-state index contributed by atoms with van der Waals surface area (Å²) in [5.74, 6) is 0.339. The molecule has 0 saturated carbocycles. The fourth-order valence-electron chi connectivity index (χ4n) is 2.80. The molecule has 1 aromatic carbocycles. The number of esters is 1. The number of carbonyl (C=O) groups excluding carboxylic acids is 1. The van der Waals surface area contributed by atoms with Crippen LogP contribution in [0.25, 0.3) is 15.9 Å². The minimum atomic E-state index is -0.372. The van der Waals surface area contributed by atoms with Gasteiger partial charge in [-0.1, -0.05) is 24.8 Å². The number of methoxy groups -OCH3 is 2. The van der Waals surface area contributed by atoms with Crippen molar-refractivity contribution in [3.05, 3.63) is 45.1 Å². The fourth-order valence-corrected chi connectivity index (χ4v) is 4.81. The van der Waals surface area contributed by atoms with Gasteiger partial charge in [-0.25, -0.2) is 4.98 Å². The zero-order chi connectivity index (χ0) is 19.6. The average Bonchev–Trinajstić information content (AvgIpc) is 3.01. The van der Waals surface area contributed by atoms with Gasteiger partial charge in [-0.2, -0.15) is 0 Å². The third-order valence-electron chi connectivity index (χ3n) is 4.21. The van der Waals surface area contributed by atoms with Gasteiger partial charge in [0.05, 0.1) is 31.0 Å². The molecule has 0 spiro atoms. The summed E-state index contributed by atoms with van der Waals surface area (Å²) in [5.41, 5.74) is 1.47. The summed E-state index contributed by atoms with van der Waals surface area (Å²) in [6, 6.07) is 7.23. The second-order valence-electron chi connectivity index (χ2n) is 5.79. The van der Waals surface area contributed by atoms with Crippen LogP contribution in [-0.4, -0.2) is 35.5 Å². The van der Waals surface area contributed by atoms with Gasteiger partial charge in [0, 0.05) is 10.9 Å². The van der Waals surface area contributed by atoms with E-state index in [1.54, 1.807) is 13.2 Å². The molecule has 2 aromatic heterocycles. The van der Waals surface area contributed by atoms with Crippen LogP contribution in [0.3, 0.4) is 0 Å². The van der Waals surface area contributed by atoms with E-state index in [2.05, 4.69) is 6.92 Å². The number of carbonyl (C=O) groups is 1. The number of thioether (sulfide) groups is 1. The third-order valence-corrected chi connectivity index (χ3v) is 6.45. The highest BCUT2D eigenvalue weighted by Gasteiger charge is 2.19. The van der Waals surface area contributed by atoms with Crippen LogP contribution in [0.2, 0.25) is 0 Å². The van der Waals surface area contributed by atoms with Crippen LogP contribution < -0.4 is 10.3 Å². The molecule has 3 aromatic rings. The Morgan fingerprint density at radius 3 is 2.78 bits per heavy atom. The molecule has 0 aliphatic carbocycles. The second-order valence-corrected chi connectivity index (χ2v) is 7.81. The maximum absolute atomic E-state index is 13.4. The predicted octanol–water partition coefficient (Wildman–Crippen LogP) is 3.59. The lowest BCUT2D eigenvalue weighted by Crippen LogP contribution is -2.22. The highest BCUT2D eigenvalue weighted by atomic mass is 32.2. The van der Waals surface area contributed by atoms with Crippen molar-refractivity contribution in [3.63, 3.8) is 0 Å². The lowest BCUT2D eigenvalue weighted by molar-refractivity contribution is -0.137. The van der Waals surface area contributed by atoms with Gasteiger partial charge < -0.3 is 9.47 Å². The van der Waals surface area contributed by atoms with Crippen molar-refractivity contribution in [3.8, 4) is 11.4 Å². The molecule has 0 N–H and O–H groups in total. The number of fused-ring (bicyclic) bond motifs is 1. The fraction of sp³-hybridized carbons (Fsp3) is 0.316. The first-order valence-electron chi connectivity index (χ1n) is 8.39. The molecule has 0 amide bonds. The molecule has 0 aliphatic rings. The Morgan fingerprint density at radius 2 is 2.11 bits per heavy atom. The van der Waals surface area contributed by atoms with E-state index >= 15 is 0 Å². The second kappa shape index (κ2) is 8.14. The van der Waals surface area contributed by atoms with E-state index in [9.17, 15) is 9.59 Å². The van der Waals surface area contributed by atoms with Gasteiger partial charge in [0.2, 0.25) is 0 Å². The van der Waals surface area contributed by atoms with Crippen LogP contribution in [0.4, 0.5) is 0 Å². The minimum absolute atomic E-state index is 0.0728. The van der Waals surface area contributed by atoms with Gasteiger partial charge in [-0.15, -0.1) is 11.3 Å². The number of thiophene rings is 1. The molecule has 0 saturated heterocycles. The highest BCUT2D eigenvalue weighted by molar-refractivity contribution is 7.99. The molecule has 3 rings (SSSR count). The van der Waals surface area contributed by atoms with Crippen molar-refractivity contribution in [2.24, 2.45) is 0 Å². The molecular formula is C19H20N2O4S2. The SMILES string of the molecule is CCc1sc2nc(SCC(=O)OC)n(-c3cccc(OC)c3)c(=O)c2c1C. The van der Waals surface area contributed by atoms with Crippen molar-refractivity contribution >= 4 is 39.3 Å². The van der Waals surface area contributed by atoms with Crippen molar-refractivity contribution in [2.45, 2.75) is 25.4 Å². The molecule has 0 bridgehead atoms. The Bertz CT molecular complexity index is 1060. The first kappa shape index (κ1) is 19.4. The van der Waals surface area contributed by atoms with Gasteiger partial charge >= 0.3 is 5.97 Å². The largest absolute Gasteiger partial charge is 0.497 e. The quantitative estimate of drug-likeness (QED) is 0.355. The number of aryl methyl sites for hydroxylation is 2. The summed E-state index contributed by atoms with van der Waals surface area (Å²) >= 11 is 2.71. The molecule has 0 unspecified atom stereocenters. The minimum Gasteiger partial charge on any atom is -0.497 e. The average molecular weight is 405 g/mol. The number of benzene rings is 1. The third kappa shape index (κ3) is 3.72. The lowest BCUT2D eigenvalue weighted by atomic mass is 10.2. The van der Waals surface area contributed by atoms with E-state index in [1.165, 1.54) is 34.8 Å². The summed E-state index contributed by atoms with van der Waals surface area (Å²) < 4.78 is 11.5. The van der Waals surface area contributed by atoms with Crippen LogP contribution >= 0.6 is 23.1 Å². The monoisotopic (exact) mass is 404 g/mol. The van der Waals surface area contributed by atoms with Crippen LogP contribution in [0.15, 0.2) is 34.2 Å². The molecule has 27 heavy (non-hydrogen) atoms. The summed E-state index contributed by atoms with van der Waals surface area (Å²) in [6.45, 7) is 4.02. The first-order valence-corrected chi connectivity index (χ1v) is 10.2. The number of hydrogen-bond donors (Lipinski definition) is 0. The molecule has 8 heteroatoms. The maximum Gasteiger partial charge on any atom is 0.316 e. The number of nitrogens with zero attached hydrogens (tertiary/aromatic N) is 2. The predicted molar refractivity (Wildman–Crippen MR) is 109 cm³/mol. The normalized spacial score (nSPS) is 11.0. The molecule has 0 radical (unpaired) electrons. The number of aromatic nitrogens is 2. The van der Waals surface area contributed by atoms with Gasteiger partial charge in [0.1, 0.15) is 10.6 Å². The summed E-state index contributed by atoms with van der Waals surface area (Å²) in [4.78, 5) is 31.5. The smallest absolute Gasteiger partial charge is 0.316 e. The lowest BCUT2D eigenvalue weighted by Gasteiger charge is -2.13. The van der Waals surface area contributed by atoms with Crippen molar-refractivity contribution in [2.75, 3.05) is 20.0 Å². The molecule has 2 heterocycles. The molecule has 0 aliphatic heterocycles. The molecule has 6 nitrogen and oxygen atoms in total. The zero-order valence-electron chi connectivity index (χ0n) is 15.6. The Balaban J connectivity index is 2.26. The first-order chi connectivity index (χ1) is 13.0.